The molecule has 1 aromatic heterocycles. The second-order valence-corrected chi connectivity index (χ2v) is 5.59. The Kier molecular flexibility index (Phi) is 5.05. The molecule has 0 saturated heterocycles. The van der Waals surface area contributed by atoms with Crippen molar-refractivity contribution in [3.8, 4) is 0 Å². The van der Waals surface area contributed by atoms with Crippen molar-refractivity contribution in [3.05, 3.63) is 60.2 Å². The maximum Gasteiger partial charge on any atom is 0.239 e. The Morgan fingerprint density at radius 1 is 1.13 bits per heavy atom. The Hall–Kier alpha value is -2.76. The Balaban J connectivity index is 1.98. The number of amides is 2. The van der Waals surface area contributed by atoms with E-state index in [1.807, 2.05) is 6.07 Å². The number of nitrogens with zero attached hydrogens (tertiary/aromatic N) is 1. The van der Waals surface area contributed by atoms with Gasteiger partial charge in [-0.1, -0.05) is 12.1 Å². The molecule has 2 amide bonds. The SMILES string of the molecule is CC(C)(C(=O)NCc1ccccn1)C(=O)Nc1cccc(F)c1. The number of carbonyl (C=O) groups excluding carboxylic acids is 2. The number of benzene rings is 1. The summed E-state index contributed by atoms with van der Waals surface area (Å²) in [7, 11) is 0. The van der Waals surface area contributed by atoms with Crippen LogP contribution in [0.3, 0.4) is 0 Å². The Morgan fingerprint density at radius 3 is 2.57 bits per heavy atom. The number of halogens is 1. The first kappa shape index (κ1) is 16.6. The molecule has 0 bridgehead atoms. The fourth-order valence-corrected chi connectivity index (χ4v) is 1.85. The zero-order valence-electron chi connectivity index (χ0n) is 13.0. The summed E-state index contributed by atoms with van der Waals surface area (Å²) in [6.07, 6.45) is 1.63. The molecule has 0 saturated carbocycles. The van der Waals surface area contributed by atoms with E-state index in [1.54, 1.807) is 24.4 Å². The number of anilines is 1. The number of carbonyl (C=O) groups is 2. The van der Waals surface area contributed by atoms with Gasteiger partial charge in [-0.2, -0.15) is 0 Å². The third-order valence-corrected chi connectivity index (χ3v) is 3.37. The predicted molar refractivity (Wildman–Crippen MR) is 84.9 cm³/mol. The highest BCUT2D eigenvalue weighted by molar-refractivity contribution is 6.09. The smallest absolute Gasteiger partial charge is 0.239 e. The summed E-state index contributed by atoms with van der Waals surface area (Å²) in [4.78, 5) is 28.6. The van der Waals surface area contributed by atoms with Gasteiger partial charge in [-0.3, -0.25) is 14.6 Å². The molecule has 0 spiro atoms. The van der Waals surface area contributed by atoms with Crippen LogP contribution in [0.2, 0.25) is 0 Å². The van der Waals surface area contributed by atoms with E-state index in [0.717, 1.165) is 0 Å². The minimum Gasteiger partial charge on any atom is -0.350 e. The second-order valence-electron chi connectivity index (χ2n) is 5.59. The molecule has 0 fully saturated rings. The van der Waals surface area contributed by atoms with Gasteiger partial charge in [-0.05, 0) is 44.2 Å². The molecule has 0 aliphatic heterocycles. The lowest BCUT2D eigenvalue weighted by Crippen LogP contribution is -2.45. The van der Waals surface area contributed by atoms with E-state index in [-0.39, 0.29) is 6.54 Å². The zero-order valence-corrected chi connectivity index (χ0v) is 13.0. The van der Waals surface area contributed by atoms with Gasteiger partial charge in [0.2, 0.25) is 11.8 Å². The van der Waals surface area contributed by atoms with Crippen molar-refractivity contribution in [1.29, 1.82) is 0 Å². The second kappa shape index (κ2) is 7.00. The molecule has 2 N–H and O–H groups in total. The zero-order chi connectivity index (χ0) is 16.9. The number of pyridine rings is 1. The molecule has 1 heterocycles. The lowest BCUT2D eigenvalue weighted by molar-refractivity contribution is -0.138. The minimum absolute atomic E-state index is 0.232. The van der Waals surface area contributed by atoms with Gasteiger partial charge >= 0.3 is 0 Å². The maximum atomic E-state index is 13.1. The number of nitrogens with one attached hydrogen (secondary N) is 2. The molecule has 0 atom stereocenters. The summed E-state index contributed by atoms with van der Waals surface area (Å²) in [6.45, 7) is 3.25. The quantitative estimate of drug-likeness (QED) is 0.833. The standard InChI is InChI=1S/C17H18FN3O2/c1-17(2,15(22)20-11-14-7-3-4-9-19-14)16(23)21-13-8-5-6-12(18)10-13/h3-10H,11H2,1-2H3,(H,20,22)(H,21,23). The van der Waals surface area contributed by atoms with Crippen molar-refractivity contribution in [1.82, 2.24) is 10.3 Å². The molecule has 6 heteroatoms. The van der Waals surface area contributed by atoms with E-state index >= 15 is 0 Å². The molecule has 0 aliphatic rings. The summed E-state index contributed by atoms with van der Waals surface area (Å²) < 4.78 is 13.1. The minimum atomic E-state index is -1.30. The van der Waals surface area contributed by atoms with Gasteiger partial charge in [0, 0.05) is 11.9 Å². The molecule has 5 nitrogen and oxygen atoms in total. The Bertz CT molecular complexity index is 702. The van der Waals surface area contributed by atoms with Crippen LogP contribution in [-0.2, 0) is 16.1 Å². The van der Waals surface area contributed by atoms with Gasteiger partial charge in [-0.15, -0.1) is 0 Å². The average molecular weight is 315 g/mol. The molecule has 2 aromatic rings. The molecule has 0 unspecified atom stereocenters. The lowest BCUT2D eigenvalue weighted by atomic mass is 9.91. The monoisotopic (exact) mass is 315 g/mol. The van der Waals surface area contributed by atoms with Crippen LogP contribution >= 0.6 is 0 Å². The van der Waals surface area contributed by atoms with Gasteiger partial charge in [-0.25, -0.2) is 4.39 Å². The first-order valence-corrected chi connectivity index (χ1v) is 7.15. The normalized spacial score (nSPS) is 10.9. The van der Waals surface area contributed by atoms with Gasteiger partial charge < -0.3 is 10.6 Å². The van der Waals surface area contributed by atoms with Crippen LogP contribution in [0.15, 0.2) is 48.7 Å². The van der Waals surface area contributed by atoms with E-state index in [1.165, 1.54) is 32.0 Å². The van der Waals surface area contributed by atoms with Gasteiger partial charge in [0.25, 0.3) is 0 Å². The molecular weight excluding hydrogens is 297 g/mol. The first-order valence-electron chi connectivity index (χ1n) is 7.15. The highest BCUT2D eigenvalue weighted by atomic mass is 19.1. The summed E-state index contributed by atoms with van der Waals surface area (Å²) in [5, 5.41) is 5.23. The number of hydrogen-bond donors (Lipinski definition) is 2. The fraction of sp³-hybridized carbons (Fsp3) is 0.235. The van der Waals surface area contributed by atoms with Gasteiger partial charge in [0.1, 0.15) is 11.2 Å². The topological polar surface area (TPSA) is 71.1 Å². The summed E-state index contributed by atoms with van der Waals surface area (Å²) in [5.41, 5.74) is -0.302. The van der Waals surface area contributed by atoms with Crippen LogP contribution in [0.4, 0.5) is 10.1 Å². The van der Waals surface area contributed by atoms with Crippen molar-refractivity contribution in [2.75, 3.05) is 5.32 Å². The molecule has 2 rings (SSSR count). The first-order chi connectivity index (χ1) is 10.9. The maximum absolute atomic E-state index is 13.1. The van der Waals surface area contributed by atoms with Crippen LogP contribution in [0.1, 0.15) is 19.5 Å². The summed E-state index contributed by atoms with van der Waals surface area (Å²) in [5.74, 6) is -1.40. The number of rotatable bonds is 5. The number of hydrogen-bond acceptors (Lipinski definition) is 3. The van der Waals surface area contributed by atoms with Crippen molar-refractivity contribution >= 4 is 17.5 Å². The Morgan fingerprint density at radius 2 is 1.91 bits per heavy atom. The number of aromatic nitrogens is 1. The van der Waals surface area contributed by atoms with Crippen LogP contribution < -0.4 is 10.6 Å². The van der Waals surface area contributed by atoms with Crippen LogP contribution in [0, 0.1) is 11.2 Å². The average Bonchev–Trinajstić information content (AvgIpc) is 2.53. The molecule has 23 heavy (non-hydrogen) atoms. The van der Waals surface area contributed by atoms with Crippen molar-refractivity contribution in [2.24, 2.45) is 5.41 Å². The van der Waals surface area contributed by atoms with Crippen molar-refractivity contribution in [3.63, 3.8) is 0 Å². The molecule has 0 aliphatic carbocycles. The van der Waals surface area contributed by atoms with Crippen molar-refractivity contribution in [2.45, 2.75) is 20.4 Å². The van der Waals surface area contributed by atoms with Crippen LogP contribution in [0.25, 0.3) is 0 Å². The molecule has 1 aromatic carbocycles. The van der Waals surface area contributed by atoms with E-state index in [2.05, 4.69) is 15.6 Å². The molecular formula is C17H18FN3O2. The third kappa shape index (κ3) is 4.35. The highest BCUT2D eigenvalue weighted by Crippen LogP contribution is 2.19. The van der Waals surface area contributed by atoms with Crippen LogP contribution in [-0.4, -0.2) is 16.8 Å². The summed E-state index contributed by atoms with van der Waals surface area (Å²) in [6, 6.07) is 10.9. The fourth-order valence-electron chi connectivity index (χ4n) is 1.85. The van der Waals surface area contributed by atoms with Crippen LogP contribution in [0.5, 0.6) is 0 Å². The highest BCUT2D eigenvalue weighted by Gasteiger charge is 2.36. The van der Waals surface area contributed by atoms with Gasteiger partial charge in [0.15, 0.2) is 0 Å². The van der Waals surface area contributed by atoms with Gasteiger partial charge in [0.05, 0.1) is 12.2 Å². The van der Waals surface area contributed by atoms with E-state index in [0.29, 0.717) is 11.4 Å². The van der Waals surface area contributed by atoms with Crippen molar-refractivity contribution < 1.29 is 14.0 Å². The predicted octanol–water partition coefficient (Wildman–Crippen LogP) is 2.50. The van der Waals surface area contributed by atoms with E-state index < -0.39 is 23.0 Å². The molecule has 0 radical (unpaired) electrons. The van der Waals surface area contributed by atoms with E-state index in [9.17, 15) is 14.0 Å². The Labute approximate surface area is 133 Å². The van der Waals surface area contributed by atoms with E-state index in [4.69, 9.17) is 0 Å². The molecule has 120 valence electrons. The summed E-state index contributed by atoms with van der Waals surface area (Å²) >= 11 is 0. The lowest BCUT2D eigenvalue weighted by Gasteiger charge is -2.22. The third-order valence-electron chi connectivity index (χ3n) is 3.37. The largest absolute Gasteiger partial charge is 0.350 e.